The van der Waals surface area contributed by atoms with Crippen molar-refractivity contribution in [1.82, 2.24) is 20.1 Å². The number of halogens is 2. The fourth-order valence-corrected chi connectivity index (χ4v) is 3.63. The van der Waals surface area contributed by atoms with Crippen LogP contribution in [0.4, 0.5) is 14.5 Å². The molecule has 0 atom stereocenters. The lowest BCUT2D eigenvalue weighted by molar-refractivity contribution is 0.0945. The normalized spacial score (nSPS) is 14.9. The SMILES string of the molecule is Cn1cc(C2=CN/C(=C(\C=N)c3cc(NCC(C)(C)O)cc(-c4ncc(F)cc4F)c3)C=C2)cn1. The number of benzene rings is 1. The molecule has 0 saturated heterocycles. The van der Waals surface area contributed by atoms with Crippen LogP contribution in [0.25, 0.3) is 22.4 Å². The van der Waals surface area contributed by atoms with E-state index in [2.05, 4.69) is 20.7 Å². The lowest BCUT2D eigenvalue weighted by Crippen LogP contribution is -2.29. The number of rotatable bonds is 7. The first-order valence-corrected chi connectivity index (χ1v) is 10.9. The second-order valence-corrected chi connectivity index (χ2v) is 8.90. The summed E-state index contributed by atoms with van der Waals surface area (Å²) in [5, 5.41) is 28.8. The van der Waals surface area contributed by atoms with E-state index in [-0.39, 0.29) is 12.2 Å². The van der Waals surface area contributed by atoms with Gasteiger partial charge in [0, 0.05) is 71.9 Å². The minimum absolute atomic E-state index is 0.0141. The van der Waals surface area contributed by atoms with E-state index >= 15 is 0 Å². The molecular weight excluding hydrogens is 450 g/mol. The Balaban J connectivity index is 1.75. The van der Waals surface area contributed by atoms with Gasteiger partial charge in [-0.05, 0) is 43.7 Å². The van der Waals surface area contributed by atoms with Crippen LogP contribution in [0.1, 0.15) is 25.0 Å². The molecule has 0 aliphatic carbocycles. The van der Waals surface area contributed by atoms with E-state index in [1.165, 1.54) is 6.21 Å². The molecule has 0 spiro atoms. The van der Waals surface area contributed by atoms with Crippen LogP contribution in [0.5, 0.6) is 0 Å². The van der Waals surface area contributed by atoms with Crippen LogP contribution < -0.4 is 10.6 Å². The Kier molecular flexibility index (Phi) is 6.61. The number of nitrogens with one attached hydrogen (secondary N) is 3. The van der Waals surface area contributed by atoms with Crippen molar-refractivity contribution in [2.24, 2.45) is 7.05 Å². The van der Waals surface area contributed by atoms with Gasteiger partial charge in [0.15, 0.2) is 5.82 Å². The first kappa shape index (κ1) is 24.0. The van der Waals surface area contributed by atoms with Crippen LogP contribution in [-0.2, 0) is 7.05 Å². The molecule has 2 aromatic heterocycles. The summed E-state index contributed by atoms with van der Waals surface area (Å²) in [6.45, 7) is 3.57. The van der Waals surface area contributed by atoms with E-state index in [1.807, 2.05) is 31.6 Å². The van der Waals surface area contributed by atoms with Crippen molar-refractivity contribution in [1.29, 1.82) is 5.41 Å². The molecule has 0 radical (unpaired) electrons. The summed E-state index contributed by atoms with van der Waals surface area (Å²) in [5.74, 6) is -1.56. The lowest BCUT2D eigenvalue weighted by Gasteiger charge is -2.20. The molecule has 0 fully saturated rings. The summed E-state index contributed by atoms with van der Waals surface area (Å²) in [4.78, 5) is 3.94. The molecule has 1 aromatic carbocycles. The molecule has 7 nitrogen and oxygen atoms in total. The van der Waals surface area contributed by atoms with E-state index in [0.29, 0.717) is 28.1 Å². The van der Waals surface area contributed by atoms with Gasteiger partial charge < -0.3 is 21.1 Å². The Hall–Kier alpha value is -4.11. The third-order valence-corrected chi connectivity index (χ3v) is 5.34. The largest absolute Gasteiger partial charge is 0.389 e. The molecule has 3 aromatic rings. The van der Waals surface area contributed by atoms with Crippen molar-refractivity contribution >= 4 is 23.0 Å². The average Bonchev–Trinajstić information content (AvgIpc) is 3.24. The first-order valence-electron chi connectivity index (χ1n) is 10.9. The molecular formula is C26H26F2N6O. The topological polar surface area (TPSA) is 98.9 Å². The summed E-state index contributed by atoms with van der Waals surface area (Å²) in [6.07, 6.45) is 11.4. The fraction of sp³-hybridized carbons (Fsp3) is 0.192. The lowest BCUT2D eigenvalue weighted by atomic mass is 9.97. The molecule has 4 rings (SSSR count). The zero-order valence-electron chi connectivity index (χ0n) is 19.6. The van der Waals surface area contributed by atoms with Gasteiger partial charge in [-0.2, -0.15) is 5.10 Å². The second-order valence-electron chi connectivity index (χ2n) is 8.90. The molecule has 35 heavy (non-hydrogen) atoms. The predicted molar refractivity (Wildman–Crippen MR) is 134 cm³/mol. The van der Waals surface area contributed by atoms with Gasteiger partial charge in [0.1, 0.15) is 11.5 Å². The molecule has 0 saturated carbocycles. The smallest absolute Gasteiger partial charge is 0.152 e. The van der Waals surface area contributed by atoms with E-state index < -0.39 is 17.2 Å². The van der Waals surface area contributed by atoms with Crippen LogP contribution in [0, 0.1) is 17.0 Å². The van der Waals surface area contributed by atoms with Crippen LogP contribution >= 0.6 is 0 Å². The second kappa shape index (κ2) is 9.63. The van der Waals surface area contributed by atoms with Gasteiger partial charge >= 0.3 is 0 Å². The van der Waals surface area contributed by atoms with Crippen LogP contribution in [-0.4, -0.2) is 38.2 Å². The van der Waals surface area contributed by atoms with Crippen molar-refractivity contribution in [2.75, 3.05) is 11.9 Å². The Morgan fingerprint density at radius 2 is 1.97 bits per heavy atom. The molecule has 0 unspecified atom stereocenters. The Labute approximate surface area is 202 Å². The number of allylic oxidation sites excluding steroid dienone is 4. The number of hydrogen-bond acceptors (Lipinski definition) is 6. The van der Waals surface area contributed by atoms with Gasteiger partial charge in [0.05, 0.1) is 18.0 Å². The van der Waals surface area contributed by atoms with Crippen LogP contribution in [0.15, 0.2) is 66.9 Å². The van der Waals surface area contributed by atoms with Crippen molar-refractivity contribution < 1.29 is 13.9 Å². The van der Waals surface area contributed by atoms with E-state index in [4.69, 9.17) is 5.41 Å². The van der Waals surface area contributed by atoms with Crippen molar-refractivity contribution in [3.8, 4) is 11.3 Å². The van der Waals surface area contributed by atoms with Gasteiger partial charge in [-0.1, -0.05) is 6.08 Å². The van der Waals surface area contributed by atoms with Crippen molar-refractivity contribution in [3.63, 3.8) is 0 Å². The summed E-state index contributed by atoms with van der Waals surface area (Å²) in [7, 11) is 1.85. The Morgan fingerprint density at radius 3 is 2.57 bits per heavy atom. The maximum atomic E-state index is 14.6. The standard InChI is InChI=1S/C26H26F2N6O/c1-26(2,35)15-32-21-7-17(6-18(8-21)25-23(28)9-20(27)13-31-25)22(10-29)24-5-4-16(11-30-24)19-12-33-34(3)14-19/h4-14,29-30,32,35H,15H2,1-3H3/b24-22+,29-10?. The quantitative estimate of drug-likeness (QED) is 0.376. The maximum Gasteiger partial charge on any atom is 0.152 e. The Bertz CT molecular complexity index is 1360. The number of anilines is 1. The van der Waals surface area contributed by atoms with Crippen LogP contribution in [0.3, 0.4) is 0 Å². The number of pyridine rings is 1. The zero-order valence-corrected chi connectivity index (χ0v) is 19.6. The number of aromatic nitrogens is 3. The third kappa shape index (κ3) is 5.70. The highest BCUT2D eigenvalue weighted by Gasteiger charge is 2.17. The highest BCUT2D eigenvalue weighted by atomic mass is 19.1. The number of dihydropyridines is 1. The molecule has 4 N–H and O–H groups in total. The number of hydrogen-bond donors (Lipinski definition) is 4. The molecule has 1 aliphatic rings. The molecule has 0 amide bonds. The van der Waals surface area contributed by atoms with Gasteiger partial charge in [-0.15, -0.1) is 0 Å². The molecule has 1 aliphatic heterocycles. The monoisotopic (exact) mass is 476 g/mol. The molecule has 0 bridgehead atoms. The predicted octanol–water partition coefficient (Wildman–Crippen LogP) is 4.50. The number of aliphatic hydroxyl groups is 1. The minimum atomic E-state index is -0.987. The van der Waals surface area contributed by atoms with Gasteiger partial charge in [-0.25, -0.2) is 8.78 Å². The maximum absolute atomic E-state index is 14.6. The van der Waals surface area contributed by atoms with E-state index in [9.17, 15) is 13.9 Å². The van der Waals surface area contributed by atoms with E-state index in [0.717, 1.165) is 23.4 Å². The van der Waals surface area contributed by atoms with Crippen molar-refractivity contribution in [2.45, 2.75) is 19.4 Å². The molecule has 180 valence electrons. The van der Waals surface area contributed by atoms with Crippen molar-refractivity contribution in [3.05, 3.63) is 89.7 Å². The summed E-state index contributed by atoms with van der Waals surface area (Å²) >= 11 is 0. The zero-order chi connectivity index (χ0) is 25.2. The van der Waals surface area contributed by atoms with Gasteiger partial charge in [0.2, 0.25) is 0 Å². The van der Waals surface area contributed by atoms with Gasteiger partial charge in [0.25, 0.3) is 0 Å². The summed E-state index contributed by atoms with van der Waals surface area (Å²) in [6, 6.07) is 5.96. The highest BCUT2D eigenvalue weighted by Crippen LogP contribution is 2.31. The summed E-state index contributed by atoms with van der Waals surface area (Å²) < 4.78 is 29.7. The average molecular weight is 477 g/mol. The summed E-state index contributed by atoms with van der Waals surface area (Å²) in [5.41, 5.74) is 3.73. The fourth-order valence-electron chi connectivity index (χ4n) is 3.63. The molecule has 3 heterocycles. The Morgan fingerprint density at radius 1 is 1.17 bits per heavy atom. The van der Waals surface area contributed by atoms with Gasteiger partial charge in [-0.3, -0.25) is 9.67 Å². The number of aryl methyl sites for hydroxylation is 1. The third-order valence-electron chi connectivity index (χ3n) is 5.34. The number of nitrogens with zero attached hydrogens (tertiary/aromatic N) is 3. The van der Waals surface area contributed by atoms with Crippen LogP contribution in [0.2, 0.25) is 0 Å². The highest BCUT2D eigenvalue weighted by molar-refractivity contribution is 6.11. The molecule has 9 heteroatoms. The minimum Gasteiger partial charge on any atom is -0.389 e. The first-order chi connectivity index (χ1) is 16.6. The van der Waals surface area contributed by atoms with E-state index in [1.54, 1.807) is 42.9 Å².